The molecule has 19 heavy (non-hydrogen) atoms. The van der Waals surface area contributed by atoms with E-state index >= 15 is 0 Å². The third-order valence-electron chi connectivity index (χ3n) is 3.65. The lowest BCUT2D eigenvalue weighted by atomic mass is 10.1. The van der Waals surface area contributed by atoms with Crippen LogP contribution in [0.15, 0.2) is 11.4 Å². The van der Waals surface area contributed by atoms with Gasteiger partial charge in [0.2, 0.25) is 0 Å². The first-order chi connectivity index (χ1) is 9.07. The quantitative estimate of drug-likeness (QED) is 0.487. The van der Waals surface area contributed by atoms with Gasteiger partial charge in [-0.2, -0.15) is 0 Å². The minimum Gasteiger partial charge on any atom is -0.241 e. The van der Waals surface area contributed by atoms with Gasteiger partial charge in [-0.25, -0.2) is 18.4 Å². The monoisotopic (exact) mass is 302 g/mol. The van der Waals surface area contributed by atoms with Crippen molar-refractivity contribution in [3.8, 4) is 0 Å². The molecule has 0 bridgehead atoms. The molecule has 4 nitrogen and oxygen atoms in total. The fraction of sp³-hybridized carbons (Fsp3) is 0.692. The number of aromatic nitrogens is 2. The highest BCUT2D eigenvalue weighted by atomic mass is 35.5. The predicted molar refractivity (Wildman–Crippen MR) is 75.3 cm³/mol. The lowest BCUT2D eigenvalue weighted by Gasteiger charge is -2.15. The van der Waals surface area contributed by atoms with Crippen LogP contribution in [0.3, 0.4) is 0 Å². The molecule has 1 unspecified atom stereocenters. The van der Waals surface area contributed by atoms with Crippen molar-refractivity contribution in [3.63, 3.8) is 0 Å². The highest BCUT2D eigenvalue weighted by Gasteiger charge is 2.29. The van der Waals surface area contributed by atoms with Crippen molar-refractivity contribution < 1.29 is 8.42 Å². The molecule has 1 heterocycles. The largest absolute Gasteiger partial charge is 0.241 e. The van der Waals surface area contributed by atoms with Crippen LogP contribution in [0.25, 0.3) is 0 Å². The third kappa shape index (κ3) is 3.08. The minimum atomic E-state index is -3.39. The lowest BCUT2D eigenvalue weighted by molar-refractivity contribution is 0.574. The average Bonchev–Trinajstić information content (AvgIpc) is 2.63. The van der Waals surface area contributed by atoms with Crippen molar-refractivity contribution >= 4 is 21.4 Å². The highest BCUT2D eigenvalue weighted by Crippen LogP contribution is 2.26. The van der Waals surface area contributed by atoms with Crippen LogP contribution in [-0.2, 0) is 22.7 Å². The second-order valence-electron chi connectivity index (χ2n) is 5.00. The predicted octanol–water partition coefficient (Wildman–Crippen LogP) is 2.54. The Morgan fingerprint density at radius 1 is 1.26 bits per heavy atom. The molecular formula is C13H19ClN2O2S. The molecule has 0 N–H and O–H groups in total. The Kier molecular flexibility index (Phi) is 4.79. The number of sulfone groups is 1. The van der Waals surface area contributed by atoms with E-state index in [0.29, 0.717) is 12.3 Å². The second-order valence-corrected chi connectivity index (χ2v) is 7.66. The number of hydrogen-bond donors (Lipinski definition) is 0. The molecule has 0 saturated carbocycles. The van der Waals surface area contributed by atoms with E-state index in [1.54, 1.807) is 6.92 Å². The van der Waals surface area contributed by atoms with Gasteiger partial charge in [0.1, 0.15) is 6.33 Å². The number of rotatable bonds is 4. The van der Waals surface area contributed by atoms with E-state index in [0.717, 1.165) is 43.4 Å². The smallest absolute Gasteiger partial charge is 0.198 e. The topological polar surface area (TPSA) is 59.9 Å². The van der Waals surface area contributed by atoms with Gasteiger partial charge < -0.3 is 0 Å². The van der Waals surface area contributed by atoms with Crippen LogP contribution in [0.4, 0.5) is 0 Å². The minimum absolute atomic E-state index is 0.233. The molecule has 1 aromatic rings. The number of fused-ring (bicyclic) bond motifs is 1. The molecule has 0 fully saturated rings. The van der Waals surface area contributed by atoms with Crippen molar-refractivity contribution in [1.82, 2.24) is 9.97 Å². The Hall–Kier alpha value is -0.680. The van der Waals surface area contributed by atoms with E-state index in [9.17, 15) is 8.42 Å². The number of hydrogen-bond acceptors (Lipinski definition) is 4. The van der Waals surface area contributed by atoms with Gasteiger partial charge in [-0.1, -0.05) is 6.42 Å². The van der Waals surface area contributed by atoms with Gasteiger partial charge in [-0.15, -0.1) is 11.6 Å². The molecule has 1 aliphatic rings. The fourth-order valence-electron chi connectivity index (χ4n) is 2.41. The summed E-state index contributed by atoms with van der Waals surface area (Å²) in [5, 5.41) is -0.260. The molecule has 0 radical (unpaired) electrons. The number of nitrogens with zero attached hydrogens (tertiary/aromatic N) is 2. The SMILES string of the molecule is CC(CCCl)S(=O)(=O)c1ncnc2c1CCCCC2. The van der Waals surface area contributed by atoms with Gasteiger partial charge in [0.25, 0.3) is 0 Å². The average molecular weight is 303 g/mol. The summed E-state index contributed by atoms with van der Waals surface area (Å²) in [6.45, 7) is 1.70. The molecule has 0 aliphatic heterocycles. The first-order valence-electron chi connectivity index (χ1n) is 6.70. The van der Waals surface area contributed by atoms with Crippen LogP contribution in [-0.4, -0.2) is 29.5 Å². The molecule has 0 saturated heterocycles. The van der Waals surface area contributed by atoms with E-state index in [1.807, 2.05) is 0 Å². The molecule has 1 atom stereocenters. The summed E-state index contributed by atoms with van der Waals surface area (Å²) in [6, 6.07) is 0. The van der Waals surface area contributed by atoms with Crippen LogP contribution < -0.4 is 0 Å². The molecule has 2 rings (SSSR count). The first-order valence-corrected chi connectivity index (χ1v) is 8.78. The Morgan fingerprint density at radius 3 is 2.74 bits per heavy atom. The zero-order valence-corrected chi connectivity index (χ0v) is 12.7. The van der Waals surface area contributed by atoms with Gasteiger partial charge in [0, 0.05) is 17.1 Å². The molecule has 0 amide bonds. The van der Waals surface area contributed by atoms with Crippen LogP contribution in [0.5, 0.6) is 0 Å². The summed E-state index contributed by atoms with van der Waals surface area (Å²) in [5.74, 6) is 0.341. The maximum Gasteiger partial charge on any atom is 0.198 e. The molecular weight excluding hydrogens is 284 g/mol. The van der Waals surface area contributed by atoms with Gasteiger partial charge >= 0.3 is 0 Å². The van der Waals surface area contributed by atoms with Gasteiger partial charge in [0.15, 0.2) is 14.9 Å². The summed E-state index contributed by atoms with van der Waals surface area (Å²) in [5.41, 5.74) is 1.74. The van der Waals surface area contributed by atoms with E-state index in [-0.39, 0.29) is 5.03 Å². The fourth-order valence-corrected chi connectivity index (χ4v) is 4.44. The first kappa shape index (κ1) is 14.7. The molecule has 106 valence electrons. The van der Waals surface area contributed by atoms with E-state index in [2.05, 4.69) is 9.97 Å². The maximum atomic E-state index is 12.6. The summed E-state index contributed by atoms with van der Waals surface area (Å²) in [7, 11) is -3.39. The lowest BCUT2D eigenvalue weighted by Crippen LogP contribution is -2.22. The molecule has 6 heteroatoms. The molecule has 0 aromatic carbocycles. The van der Waals surface area contributed by atoms with E-state index in [1.165, 1.54) is 6.33 Å². The van der Waals surface area contributed by atoms with Crippen molar-refractivity contribution in [2.45, 2.75) is 55.7 Å². The third-order valence-corrected chi connectivity index (χ3v) is 6.05. The Morgan fingerprint density at radius 2 is 2.00 bits per heavy atom. The van der Waals surface area contributed by atoms with Crippen molar-refractivity contribution in [2.75, 3.05) is 5.88 Å². The zero-order chi connectivity index (χ0) is 13.9. The molecule has 1 aromatic heterocycles. The standard InChI is InChI=1S/C13H19ClN2O2S/c1-10(7-8-14)19(17,18)13-11-5-3-2-4-6-12(11)15-9-16-13/h9-10H,2-8H2,1H3. The van der Waals surface area contributed by atoms with Crippen LogP contribution in [0.1, 0.15) is 43.9 Å². The van der Waals surface area contributed by atoms with Crippen LogP contribution in [0, 0.1) is 0 Å². The number of aryl methyl sites for hydroxylation is 1. The van der Waals surface area contributed by atoms with Gasteiger partial charge in [-0.3, -0.25) is 0 Å². The Balaban J connectivity index is 2.45. The normalized spacial score (nSPS) is 17.6. The van der Waals surface area contributed by atoms with Crippen LogP contribution >= 0.6 is 11.6 Å². The summed E-state index contributed by atoms with van der Waals surface area (Å²) in [6.07, 6.45) is 6.64. The molecule has 1 aliphatic carbocycles. The van der Waals surface area contributed by atoms with Crippen molar-refractivity contribution in [2.24, 2.45) is 0 Å². The zero-order valence-electron chi connectivity index (χ0n) is 11.1. The maximum absolute atomic E-state index is 12.6. The van der Waals surface area contributed by atoms with Gasteiger partial charge in [0.05, 0.1) is 5.25 Å². The molecule has 0 spiro atoms. The number of halogens is 1. The Bertz CT molecular complexity index is 546. The summed E-state index contributed by atoms with van der Waals surface area (Å²) in [4.78, 5) is 8.32. The number of alkyl halides is 1. The van der Waals surface area contributed by atoms with E-state index in [4.69, 9.17) is 11.6 Å². The van der Waals surface area contributed by atoms with E-state index < -0.39 is 15.1 Å². The van der Waals surface area contributed by atoms with Crippen LogP contribution in [0.2, 0.25) is 0 Å². The summed E-state index contributed by atoms with van der Waals surface area (Å²) >= 11 is 5.66. The summed E-state index contributed by atoms with van der Waals surface area (Å²) < 4.78 is 25.1. The second kappa shape index (κ2) is 6.18. The van der Waals surface area contributed by atoms with Crippen molar-refractivity contribution in [3.05, 3.63) is 17.6 Å². The van der Waals surface area contributed by atoms with Gasteiger partial charge in [-0.05, 0) is 39.0 Å². The Labute approximate surface area is 119 Å². The van der Waals surface area contributed by atoms with Crippen molar-refractivity contribution in [1.29, 1.82) is 0 Å². The highest BCUT2D eigenvalue weighted by molar-refractivity contribution is 7.92.